The number of hydrogen-bond donors (Lipinski definition) is 1. The Labute approximate surface area is 127 Å². The van der Waals surface area contributed by atoms with Gasteiger partial charge in [0.1, 0.15) is 4.90 Å². The number of hydrogen-bond acceptors (Lipinski definition) is 4. The van der Waals surface area contributed by atoms with Crippen LogP contribution in [0.1, 0.15) is 33.1 Å². The fourth-order valence-corrected chi connectivity index (χ4v) is 4.13. The first-order valence-corrected chi connectivity index (χ1v) is 9.25. The number of nitrogens with one attached hydrogen (secondary N) is 1. The molecule has 0 spiro atoms. The topological polar surface area (TPSA) is 67.2 Å². The van der Waals surface area contributed by atoms with Crippen molar-refractivity contribution >= 4 is 10.0 Å². The zero-order chi connectivity index (χ0) is 15.3. The highest BCUT2D eigenvalue weighted by atomic mass is 32.2. The fraction of sp³-hybridized carbons (Fsp3) is 0.786. The smallest absolute Gasteiger partial charge is 0.246 e. The van der Waals surface area contributed by atoms with Crippen molar-refractivity contribution in [2.24, 2.45) is 5.92 Å². The molecule has 0 saturated carbocycles. The number of aryl methyl sites for hydroxylation is 1. The summed E-state index contributed by atoms with van der Waals surface area (Å²) in [6, 6.07) is 0. The lowest BCUT2D eigenvalue weighted by Gasteiger charge is -2.14. The van der Waals surface area contributed by atoms with E-state index in [4.69, 9.17) is 0 Å². The summed E-state index contributed by atoms with van der Waals surface area (Å²) in [5.41, 5.74) is 0. The van der Waals surface area contributed by atoms with E-state index < -0.39 is 10.0 Å². The first-order chi connectivity index (χ1) is 10.1. The summed E-state index contributed by atoms with van der Waals surface area (Å²) < 4.78 is 28.4. The van der Waals surface area contributed by atoms with Crippen molar-refractivity contribution in [1.82, 2.24) is 19.4 Å². The lowest BCUT2D eigenvalue weighted by Crippen LogP contribution is -2.28. The number of rotatable bonds is 8. The monoisotopic (exact) mass is 314 g/mol. The minimum Gasteiger partial charge on any atom is -0.317 e. The van der Waals surface area contributed by atoms with Gasteiger partial charge in [0.25, 0.3) is 0 Å². The molecule has 0 aliphatic carbocycles. The van der Waals surface area contributed by atoms with E-state index in [-0.39, 0.29) is 0 Å². The van der Waals surface area contributed by atoms with Crippen molar-refractivity contribution < 1.29 is 8.42 Å². The zero-order valence-electron chi connectivity index (χ0n) is 13.0. The third-order valence-corrected chi connectivity index (χ3v) is 5.88. The Morgan fingerprint density at radius 1 is 1.43 bits per heavy atom. The Morgan fingerprint density at radius 2 is 2.24 bits per heavy atom. The van der Waals surface area contributed by atoms with Gasteiger partial charge < -0.3 is 5.32 Å². The van der Waals surface area contributed by atoms with Gasteiger partial charge >= 0.3 is 0 Å². The van der Waals surface area contributed by atoms with E-state index in [0.29, 0.717) is 23.9 Å². The minimum absolute atomic E-state index is 0.322. The van der Waals surface area contributed by atoms with Crippen LogP contribution in [0.5, 0.6) is 0 Å². The van der Waals surface area contributed by atoms with Crippen molar-refractivity contribution in [3.63, 3.8) is 0 Å². The van der Waals surface area contributed by atoms with E-state index >= 15 is 0 Å². The molecule has 1 fully saturated rings. The normalized spacial score (nSPS) is 20.2. The molecule has 6 nitrogen and oxygen atoms in total. The minimum atomic E-state index is -3.36. The molecule has 2 heterocycles. The largest absolute Gasteiger partial charge is 0.317 e. The lowest BCUT2D eigenvalue weighted by atomic mass is 10.1. The molecule has 1 aliphatic rings. The van der Waals surface area contributed by atoms with Crippen LogP contribution < -0.4 is 5.32 Å². The van der Waals surface area contributed by atoms with Crippen molar-refractivity contribution in [1.29, 1.82) is 0 Å². The summed E-state index contributed by atoms with van der Waals surface area (Å²) in [4.78, 5) is 0.322. The van der Waals surface area contributed by atoms with Crippen LogP contribution in [-0.2, 0) is 16.6 Å². The standard InChI is InChI=1S/C14H26N4O2S/c1-3-13-6-9-18(11-13)21(19,20)14-10-16-17(12-14)8-5-7-15-4-2/h10,12-13,15H,3-9,11H2,1-2H3. The van der Waals surface area contributed by atoms with Crippen molar-refractivity contribution in [2.45, 2.75) is 44.6 Å². The van der Waals surface area contributed by atoms with Gasteiger partial charge in [0, 0.05) is 25.8 Å². The lowest BCUT2D eigenvalue weighted by molar-refractivity contribution is 0.452. The van der Waals surface area contributed by atoms with Gasteiger partial charge in [-0.3, -0.25) is 4.68 Å². The van der Waals surface area contributed by atoms with Crippen LogP contribution in [0, 0.1) is 5.92 Å². The molecule has 0 amide bonds. The highest BCUT2D eigenvalue weighted by Gasteiger charge is 2.32. The molecule has 1 saturated heterocycles. The van der Waals surface area contributed by atoms with Gasteiger partial charge in [-0.05, 0) is 31.8 Å². The summed E-state index contributed by atoms with van der Waals surface area (Å²) in [5.74, 6) is 0.495. The molecule has 1 aromatic heterocycles. The SMILES string of the molecule is CCNCCCn1cc(S(=O)(=O)N2CCC(CC)C2)cn1. The molecule has 1 aromatic rings. The average Bonchev–Trinajstić information content (AvgIpc) is 3.13. The first-order valence-electron chi connectivity index (χ1n) is 7.81. The maximum absolute atomic E-state index is 12.5. The van der Waals surface area contributed by atoms with Gasteiger partial charge in [-0.15, -0.1) is 0 Å². The molecule has 1 N–H and O–H groups in total. The zero-order valence-corrected chi connectivity index (χ0v) is 13.8. The molecular weight excluding hydrogens is 288 g/mol. The molecule has 0 aromatic carbocycles. The fourth-order valence-electron chi connectivity index (χ4n) is 2.64. The van der Waals surface area contributed by atoms with E-state index in [1.165, 1.54) is 6.20 Å². The van der Waals surface area contributed by atoms with E-state index in [1.807, 2.05) is 0 Å². The van der Waals surface area contributed by atoms with Gasteiger partial charge in [-0.1, -0.05) is 20.3 Å². The van der Waals surface area contributed by atoms with Crippen LogP contribution in [0.4, 0.5) is 0 Å². The van der Waals surface area contributed by atoms with Crippen molar-refractivity contribution in [3.8, 4) is 0 Å². The van der Waals surface area contributed by atoms with E-state index in [1.54, 1.807) is 15.2 Å². The van der Waals surface area contributed by atoms with E-state index in [9.17, 15) is 8.42 Å². The number of aromatic nitrogens is 2. The molecule has 1 atom stereocenters. The third-order valence-electron chi connectivity index (χ3n) is 4.06. The van der Waals surface area contributed by atoms with Gasteiger partial charge in [-0.25, -0.2) is 8.42 Å². The molecule has 120 valence electrons. The maximum atomic E-state index is 12.5. The Balaban J connectivity index is 1.96. The molecule has 1 aliphatic heterocycles. The Kier molecular flexibility index (Phi) is 5.78. The van der Waals surface area contributed by atoms with Crippen LogP contribution in [0.3, 0.4) is 0 Å². The summed E-state index contributed by atoms with van der Waals surface area (Å²) in [7, 11) is -3.36. The Bertz CT molecular complexity index is 541. The molecule has 2 rings (SSSR count). The predicted molar refractivity (Wildman–Crippen MR) is 82.5 cm³/mol. The highest BCUT2D eigenvalue weighted by Crippen LogP contribution is 2.25. The molecule has 0 radical (unpaired) electrons. The molecule has 1 unspecified atom stereocenters. The number of sulfonamides is 1. The van der Waals surface area contributed by atoms with Crippen LogP contribution in [0.15, 0.2) is 17.3 Å². The van der Waals surface area contributed by atoms with Crippen molar-refractivity contribution in [2.75, 3.05) is 26.2 Å². The van der Waals surface area contributed by atoms with Gasteiger partial charge in [0.2, 0.25) is 10.0 Å². The molecular formula is C14H26N4O2S. The highest BCUT2D eigenvalue weighted by molar-refractivity contribution is 7.89. The Morgan fingerprint density at radius 3 is 2.90 bits per heavy atom. The number of nitrogens with zero attached hydrogens (tertiary/aromatic N) is 3. The average molecular weight is 314 g/mol. The predicted octanol–water partition coefficient (Wildman–Crippen LogP) is 1.30. The molecule has 7 heteroatoms. The second-order valence-corrected chi connectivity index (χ2v) is 7.51. The second kappa shape index (κ2) is 7.38. The summed E-state index contributed by atoms with van der Waals surface area (Å²) in [5, 5.41) is 7.42. The van der Waals surface area contributed by atoms with Gasteiger partial charge in [-0.2, -0.15) is 9.40 Å². The van der Waals surface area contributed by atoms with Gasteiger partial charge in [0.15, 0.2) is 0 Å². The summed E-state index contributed by atoms with van der Waals surface area (Å²) in [6.45, 7) is 8.06. The summed E-state index contributed by atoms with van der Waals surface area (Å²) in [6.07, 6.45) is 6.07. The molecule has 21 heavy (non-hydrogen) atoms. The van der Waals surface area contributed by atoms with Crippen molar-refractivity contribution in [3.05, 3.63) is 12.4 Å². The van der Waals surface area contributed by atoms with Crippen LogP contribution in [0.2, 0.25) is 0 Å². The molecule has 0 bridgehead atoms. The Hall–Kier alpha value is -0.920. The second-order valence-electron chi connectivity index (χ2n) is 5.57. The summed E-state index contributed by atoms with van der Waals surface area (Å²) >= 11 is 0. The maximum Gasteiger partial charge on any atom is 0.246 e. The van der Waals surface area contributed by atoms with Gasteiger partial charge in [0.05, 0.1) is 6.20 Å². The van der Waals surface area contributed by atoms with E-state index in [2.05, 4.69) is 24.3 Å². The van der Waals surface area contributed by atoms with Crippen LogP contribution in [0.25, 0.3) is 0 Å². The third kappa shape index (κ3) is 4.05. The van der Waals surface area contributed by atoms with E-state index in [0.717, 1.165) is 38.9 Å². The van der Waals surface area contributed by atoms with Crippen LogP contribution >= 0.6 is 0 Å². The van der Waals surface area contributed by atoms with Crippen LogP contribution in [-0.4, -0.2) is 48.7 Å². The first kappa shape index (κ1) is 16.5. The quantitative estimate of drug-likeness (QED) is 0.735.